The number of unbranched alkanes of at least 4 members (excludes halogenated alkanes) is 2. The van der Waals surface area contributed by atoms with E-state index < -0.39 is 0 Å². The van der Waals surface area contributed by atoms with Crippen molar-refractivity contribution in [1.82, 2.24) is 15.3 Å². The molecule has 0 aliphatic heterocycles. The number of hydrogen-bond donors (Lipinski definition) is 2. The van der Waals surface area contributed by atoms with Gasteiger partial charge in [0.05, 0.1) is 10.7 Å². The summed E-state index contributed by atoms with van der Waals surface area (Å²) in [7, 11) is 0. The highest BCUT2D eigenvalue weighted by atomic mass is 35.5. The Hall–Kier alpha value is -1.85. The lowest BCUT2D eigenvalue weighted by atomic mass is 10.2. The Kier molecular flexibility index (Phi) is 6.82. The van der Waals surface area contributed by atoms with Gasteiger partial charge in [-0.25, -0.2) is 9.97 Å². The van der Waals surface area contributed by atoms with Crippen molar-refractivity contribution in [1.29, 1.82) is 0 Å². The molecule has 0 saturated heterocycles. The zero-order valence-electron chi connectivity index (χ0n) is 13.7. The summed E-state index contributed by atoms with van der Waals surface area (Å²) in [6.07, 6.45) is 3.15. The summed E-state index contributed by atoms with van der Waals surface area (Å²) >= 11 is 12.0. The molecule has 0 saturated carbocycles. The van der Waals surface area contributed by atoms with Crippen LogP contribution in [0.15, 0.2) is 24.3 Å². The van der Waals surface area contributed by atoms with Gasteiger partial charge < -0.3 is 10.6 Å². The van der Waals surface area contributed by atoms with E-state index in [1.165, 1.54) is 0 Å². The molecule has 7 heteroatoms. The van der Waals surface area contributed by atoms with Crippen molar-refractivity contribution >= 4 is 40.7 Å². The van der Waals surface area contributed by atoms with Crippen molar-refractivity contribution in [3.63, 3.8) is 0 Å². The van der Waals surface area contributed by atoms with Crippen LogP contribution in [0.25, 0.3) is 0 Å². The van der Waals surface area contributed by atoms with Gasteiger partial charge in [-0.15, -0.1) is 0 Å². The number of nitrogens with one attached hydrogen (secondary N) is 2. The molecular weight excluding hydrogens is 347 g/mol. The van der Waals surface area contributed by atoms with Gasteiger partial charge in [-0.1, -0.05) is 43.0 Å². The maximum Gasteiger partial charge on any atom is 0.270 e. The summed E-state index contributed by atoms with van der Waals surface area (Å²) in [5, 5.41) is 6.89. The minimum Gasteiger partial charge on any atom is -0.351 e. The quantitative estimate of drug-likeness (QED) is 0.693. The summed E-state index contributed by atoms with van der Waals surface area (Å²) in [6, 6.07) is 6.74. The first kappa shape index (κ1) is 18.5. The number of anilines is 2. The molecule has 2 N–H and O–H groups in total. The molecule has 128 valence electrons. The minimum absolute atomic E-state index is 0.207. The molecule has 1 aromatic heterocycles. The van der Waals surface area contributed by atoms with Crippen LogP contribution in [-0.2, 0) is 0 Å². The third-order valence-corrected chi connectivity index (χ3v) is 3.88. The fourth-order valence-electron chi connectivity index (χ4n) is 2.12. The number of nitrogens with zero attached hydrogens (tertiary/aromatic N) is 2. The smallest absolute Gasteiger partial charge is 0.270 e. The summed E-state index contributed by atoms with van der Waals surface area (Å²) in [6.45, 7) is 4.57. The van der Waals surface area contributed by atoms with E-state index in [0.717, 1.165) is 19.3 Å². The Morgan fingerprint density at radius 1 is 1.17 bits per heavy atom. The van der Waals surface area contributed by atoms with E-state index in [9.17, 15) is 4.79 Å². The molecule has 2 aromatic rings. The Balaban J connectivity index is 2.11. The molecule has 0 radical (unpaired) electrons. The van der Waals surface area contributed by atoms with E-state index in [1.54, 1.807) is 24.3 Å². The van der Waals surface area contributed by atoms with Crippen LogP contribution in [0, 0.1) is 6.92 Å². The molecular formula is C17H20Cl2N4O. The van der Waals surface area contributed by atoms with Gasteiger partial charge in [0.2, 0.25) is 5.95 Å². The highest BCUT2D eigenvalue weighted by molar-refractivity contribution is 6.36. The average Bonchev–Trinajstić information content (AvgIpc) is 2.53. The highest BCUT2D eigenvalue weighted by Crippen LogP contribution is 2.27. The van der Waals surface area contributed by atoms with Crippen molar-refractivity contribution in [3.8, 4) is 0 Å². The van der Waals surface area contributed by atoms with Crippen LogP contribution in [0.3, 0.4) is 0 Å². The molecule has 24 heavy (non-hydrogen) atoms. The van der Waals surface area contributed by atoms with Gasteiger partial charge in [-0.05, 0) is 37.6 Å². The van der Waals surface area contributed by atoms with Gasteiger partial charge in [-0.3, -0.25) is 4.79 Å². The Bertz CT molecular complexity index is 722. The van der Waals surface area contributed by atoms with Crippen LogP contribution in [0.1, 0.15) is 42.4 Å². The van der Waals surface area contributed by atoms with Crippen molar-refractivity contribution in [2.45, 2.75) is 33.1 Å². The number of halogens is 2. The molecule has 0 atom stereocenters. The van der Waals surface area contributed by atoms with Crippen molar-refractivity contribution in [3.05, 3.63) is 45.7 Å². The second-order valence-corrected chi connectivity index (χ2v) is 6.27. The fourth-order valence-corrected chi connectivity index (χ4v) is 2.58. The number of benzene rings is 1. The average molecular weight is 367 g/mol. The number of aromatic nitrogens is 2. The Morgan fingerprint density at radius 2 is 1.96 bits per heavy atom. The lowest BCUT2D eigenvalue weighted by Gasteiger charge is -2.10. The predicted molar refractivity (Wildman–Crippen MR) is 98.4 cm³/mol. The first-order valence-electron chi connectivity index (χ1n) is 7.85. The topological polar surface area (TPSA) is 66.9 Å². The fraction of sp³-hybridized carbons (Fsp3) is 0.353. The van der Waals surface area contributed by atoms with Gasteiger partial charge in [0.25, 0.3) is 5.91 Å². The lowest BCUT2D eigenvalue weighted by Crippen LogP contribution is -2.25. The summed E-state index contributed by atoms with van der Waals surface area (Å²) in [4.78, 5) is 20.8. The molecule has 0 aliphatic carbocycles. The normalized spacial score (nSPS) is 10.5. The number of amides is 1. The van der Waals surface area contributed by atoms with E-state index >= 15 is 0 Å². The number of carbonyl (C=O) groups is 1. The monoisotopic (exact) mass is 366 g/mol. The van der Waals surface area contributed by atoms with E-state index in [1.807, 2.05) is 6.92 Å². The van der Waals surface area contributed by atoms with Gasteiger partial charge in [0.15, 0.2) is 0 Å². The zero-order valence-corrected chi connectivity index (χ0v) is 15.2. The van der Waals surface area contributed by atoms with Gasteiger partial charge in [-0.2, -0.15) is 0 Å². The second kappa shape index (κ2) is 8.85. The zero-order chi connectivity index (χ0) is 17.5. The third kappa shape index (κ3) is 5.35. The van der Waals surface area contributed by atoms with Gasteiger partial charge in [0.1, 0.15) is 5.69 Å². The van der Waals surface area contributed by atoms with Crippen molar-refractivity contribution in [2.75, 3.05) is 11.9 Å². The number of carbonyl (C=O) groups excluding carboxylic acids is 1. The van der Waals surface area contributed by atoms with Crippen LogP contribution in [0.2, 0.25) is 10.0 Å². The second-order valence-electron chi connectivity index (χ2n) is 5.43. The number of hydrogen-bond acceptors (Lipinski definition) is 4. The molecule has 0 bridgehead atoms. The van der Waals surface area contributed by atoms with Crippen LogP contribution in [0.5, 0.6) is 0 Å². The van der Waals surface area contributed by atoms with Crippen LogP contribution >= 0.6 is 23.2 Å². The Labute approximate surface area is 151 Å². The SMILES string of the molecule is CCCCCNC(=O)c1cc(C)nc(Nc2ccc(Cl)cc2Cl)n1. The molecule has 1 amide bonds. The maximum atomic E-state index is 12.2. The Morgan fingerprint density at radius 3 is 2.67 bits per heavy atom. The first-order chi connectivity index (χ1) is 11.5. The molecule has 2 rings (SSSR count). The molecule has 0 unspecified atom stereocenters. The van der Waals surface area contributed by atoms with Crippen LogP contribution < -0.4 is 10.6 Å². The predicted octanol–water partition coefficient (Wildman–Crippen LogP) is 4.76. The number of aryl methyl sites for hydroxylation is 1. The summed E-state index contributed by atoms with van der Waals surface area (Å²) in [5.41, 5.74) is 1.64. The van der Waals surface area contributed by atoms with Crippen molar-refractivity contribution in [2.24, 2.45) is 0 Å². The lowest BCUT2D eigenvalue weighted by molar-refractivity contribution is 0.0948. The van der Waals surface area contributed by atoms with E-state index in [-0.39, 0.29) is 5.91 Å². The van der Waals surface area contributed by atoms with E-state index in [0.29, 0.717) is 39.6 Å². The third-order valence-electron chi connectivity index (χ3n) is 3.33. The maximum absolute atomic E-state index is 12.2. The molecule has 0 aliphatic rings. The van der Waals surface area contributed by atoms with Crippen molar-refractivity contribution < 1.29 is 4.79 Å². The van der Waals surface area contributed by atoms with Crippen LogP contribution in [0.4, 0.5) is 11.6 Å². The van der Waals surface area contributed by atoms with E-state index in [2.05, 4.69) is 27.5 Å². The minimum atomic E-state index is -0.207. The summed E-state index contributed by atoms with van der Waals surface area (Å²) in [5.74, 6) is 0.111. The van der Waals surface area contributed by atoms with Crippen LogP contribution in [-0.4, -0.2) is 22.4 Å². The molecule has 1 heterocycles. The molecule has 1 aromatic carbocycles. The molecule has 5 nitrogen and oxygen atoms in total. The number of rotatable bonds is 7. The standard InChI is InChI=1S/C17H20Cl2N4O/c1-3-4-5-8-20-16(24)15-9-11(2)21-17(23-15)22-14-7-6-12(18)10-13(14)19/h6-7,9-10H,3-5,8H2,1-2H3,(H,20,24)(H,21,22,23). The van der Waals surface area contributed by atoms with Gasteiger partial charge >= 0.3 is 0 Å². The largest absolute Gasteiger partial charge is 0.351 e. The molecule has 0 fully saturated rings. The highest BCUT2D eigenvalue weighted by Gasteiger charge is 2.11. The van der Waals surface area contributed by atoms with E-state index in [4.69, 9.17) is 23.2 Å². The first-order valence-corrected chi connectivity index (χ1v) is 8.61. The summed E-state index contributed by atoms with van der Waals surface area (Å²) < 4.78 is 0. The molecule has 0 spiro atoms. The van der Waals surface area contributed by atoms with Gasteiger partial charge in [0, 0.05) is 17.3 Å².